The summed E-state index contributed by atoms with van der Waals surface area (Å²) in [6.45, 7) is 0. The number of halogens is 1. The van der Waals surface area contributed by atoms with Crippen molar-refractivity contribution < 1.29 is 4.42 Å². The molecule has 0 saturated heterocycles. The second kappa shape index (κ2) is 4.99. The number of rotatable bonds is 2. The molecule has 0 aliphatic rings. The molecule has 3 aromatic heterocycles. The van der Waals surface area contributed by atoms with Gasteiger partial charge in [-0.25, -0.2) is 14.8 Å². The van der Waals surface area contributed by atoms with Crippen LogP contribution in [0.15, 0.2) is 33.7 Å². The summed E-state index contributed by atoms with van der Waals surface area (Å²) in [6.07, 6.45) is 1.40. The molecule has 3 heterocycles. The maximum absolute atomic E-state index is 11.6. The summed E-state index contributed by atoms with van der Waals surface area (Å²) in [7, 11) is 1.61. The molecule has 4 rings (SSSR count). The molecule has 0 atom stereocenters. The Labute approximate surface area is 132 Å². The summed E-state index contributed by atoms with van der Waals surface area (Å²) in [5.41, 5.74) is 2.76. The highest BCUT2D eigenvalue weighted by molar-refractivity contribution is 6.35. The molecule has 0 amide bonds. The van der Waals surface area contributed by atoms with E-state index in [4.69, 9.17) is 16.0 Å². The number of hydrogen-bond acceptors (Lipinski definition) is 7. The number of benzene rings is 1. The van der Waals surface area contributed by atoms with E-state index in [1.54, 1.807) is 25.2 Å². The highest BCUT2D eigenvalue weighted by Crippen LogP contribution is 2.30. The first-order valence-corrected chi connectivity index (χ1v) is 6.86. The van der Waals surface area contributed by atoms with Crippen LogP contribution >= 0.6 is 11.6 Å². The molecule has 0 saturated carbocycles. The highest BCUT2D eigenvalue weighted by atomic mass is 35.5. The van der Waals surface area contributed by atoms with E-state index in [0.29, 0.717) is 38.9 Å². The number of fused-ring (bicyclic) bond motifs is 1. The molecular formula is C13H8ClN7O2. The van der Waals surface area contributed by atoms with Gasteiger partial charge in [-0.2, -0.15) is 5.21 Å². The second-order valence-electron chi connectivity index (χ2n) is 4.76. The van der Waals surface area contributed by atoms with E-state index >= 15 is 0 Å². The lowest BCUT2D eigenvalue weighted by molar-refractivity contribution is 0.528. The molecule has 114 valence electrons. The Hall–Kier alpha value is -3.07. The fourth-order valence-corrected chi connectivity index (χ4v) is 2.49. The molecule has 1 aromatic carbocycles. The molecule has 9 nitrogen and oxygen atoms in total. The summed E-state index contributed by atoms with van der Waals surface area (Å²) >= 11 is 6.21. The Kier molecular flexibility index (Phi) is 2.95. The molecule has 23 heavy (non-hydrogen) atoms. The number of aryl methyl sites for hydroxylation is 1. The normalized spacial score (nSPS) is 11.2. The molecule has 0 aliphatic heterocycles. The Morgan fingerprint density at radius 3 is 2.83 bits per heavy atom. The van der Waals surface area contributed by atoms with Crippen molar-refractivity contribution in [2.45, 2.75) is 0 Å². The number of aromatic amines is 1. The highest BCUT2D eigenvalue weighted by Gasteiger charge is 2.14. The van der Waals surface area contributed by atoms with Crippen molar-refractivity contribution in [2.75, 3.05) is 0 Å². The fourth-order valence-electron chi connectivity index (χ4n) is 2.24. The number of aromatic nitrogens is 7. The zero-order valence-electron chi connectivity index (χ0n) is 11.7. The van der Waals surface area contributed by atoms with Crippen molar-refractivity contribution in [1.29, 1.82) is 0 Å². The van der Waals surface area contributed by atoms with Gasteiger partial charge in [0.1, 0.15) is 12.0 Å². The largest absolute Gasteiger partial charge is 0.419 e. The van der Waals surface area contributed by atoms with E-state index in [1.807, 2.05) is 0 Å². The van der Waals surface area contributed by atoms with Gasteiger partial charge in [0.05, 0.1) is 16.2 Å². The van der Waals surface area contributed by atoms with Crippen molar-refractivity contribution in [3.8, 4) is 22.8 Å². The van der Waals surface area contributed by atoms with Gasteiger partial charge in [-0.1, -0.05) is 11.6 Å². The average Bonchev–Trinajstić information content (AvgIpc) is 3.18. The molecule has 1 N–H and O–H groups in total. The Morgan fingerprint density at radius 1 is 1.22 bits per heavy atom. The quantitative estimate of drug-likeness (QED) is 0.591. The number of tetrazole rings is 1. The van der Waals surface area contributed by atoms with Crippen LogP contribution in [-0.2, 0) is 7.05 Å². The molecule has 0 aliphatic carbocycles. The van der Waals surface area contributed by atoms with Gasteiger partial charge in [0.2, 0.25) is 5.82 Å². The first-order valence-electron chi connectivity index (χ1n) is 6.49. The van der Waals surface area contributed by atoms with Crippen molar-refractivity contribution in [2.24, 2.45) is 7.05 Å². The molecule has 0 bridgehead atoms. The molecule has 10 heteroatoms. The van der Waals surface area contributed by atoms with E-state index < -0.39 is 5.76 Å². The monoisotopic (exact) mass is 329 g/mol. The second-order valence-corrected chi connectivity index (χ2v) is 5.16. The van der Waals surface area contributed by atoms with Crippen LogP contribution in [-0.4, -0.2) is 35.2 Å². The summed E-state index contributed by atoms with van der Waals surface area (Å²) < 4.78 is 6.49. The standard InChI is InChI=1S/C13H8ClN7O2/c1-21-10-3-6(2-7(14)11(10)23-13(21)22)8-4-9(16-5-15-8)12-17-19-20-18-12/h2-5H,1H3,(H,17,18,19,20). The van der Waals surface area contributed by atoms with Crippen molar-refractivity contribution in [3.63, 3.8) is 0 Å². The molecule has 0 unspecified atom stereocenters. The predicted molar refractivity (Wildman–Crippen MR) is 80.7 cm³/mol. The van der Waals surface area contributed by atoms with Gasteiger partial charge < -0.3 is 4.42 Å². The summed E-state index contributed by atoms with van der Waals surface area (Å²) in [5, 5.41) is 14.0. The van der Waals surface area contributed by atoms with Crippen molar-refractivity contribution >= 4 is 22.7 Å². The lowest BCUT2D eigenvalue weighted by atomic mass is 10.1. The first kappa shape index (κ1) is 13.6. The van der Waals surface area contributed by atoms with Crippen LogP contribution in [0.25, 0.3) is 33.9 Å². The molecule has 0 radical (unpaired) electrons. The van der Waals surface area contributed by atoms with Gasteiger partial charge in [0.25, 0.3) is 0 Å². The third-order valence-corrected chi connectivity index (χ3v) is 3.67. The minimum atomic E-state index is -0.478. The van der Waals surface area contributed by atoms with E-state index in [9.17, 15) is 4.79 Å². The minimum absolute atomic E-state index is 0.329. The van der Waals surface area contributed by atoms with Gasteiger partial charge in [-0.3, -0.25) is 4.57 Å². The Morgan fingerprint density at radius 2 is 2.04 bits per heavy atom. The van der Waals surface area contributed by atoms with Crippen molar-refractivity contribution in [1.82, 2.24) is 35.2 Å². The topological polar surface area (TPSA) is 115 Å². The van der Waals surface area contributed by atoms with Gasteiger partial charge in [-0.15, -0.1) is 10.2 Å². The zero-order valence-corrected chi connectivity index (χ0v) is 12.4. The van der Waals surface area contributed by atoms with Gasteiger partial charge in [0.15, 0.2) is 5.58 Å². The van der Waals surface area contributed by atoms with Crippen LogP contribution < -0.4 is 5.76 Å². The lowest BCUT2D eigenvalue weighted by Crippen LogP contribution is -2.08. The van der Waals surface area contributed by atoms with Crippen LogP contribution in [0.2, 0.25) is 5.02 Å². The van der Waals surface area contributed by atoms with E-state index in [0.717, 1.165) is 0 Å². The van der Waals surface area contributed by atoms with Crippen LogP contribution in [0.3, 0.4) is 0 Å². The third kappa shape index (κ3) is 2.18. The minimum Gasteiger partial charge on any atom is -0.406 e. The number of hydrogen-bond donors (Lipinski definition) is 1. The van der Waals surface area contributed by atoms with Gasteiger partial charge in [-0.05, 0) is 23.4 Å². The lowest BCUT2D eigenvalue weighted by Gasteiger charge is -2.03. The molecular weight excluding hydrogens is 322 g/mol. The smallest absolute Gasteiger partial charge is 0.406 e. The van der Waals surface area contributed by atoms with Crippen molar-refractivity contribution in [3.05, 3.63) is 40.1 Å². The molecule has 0 spiro atoms. The Balaban J connectivity index is 1.91. The maximum Gasteiger partial charge on any atom is 0.419 e. The van der Waals surface area contributed by atoms with E-state index in [2.05, 4.69) is 30.6 Å². The molecule has 0 fully saturated rings. The number of nitrogens with zero attached hydrogens (tertiary/aromatic N) is 6. The van der Waals surface area contributed by atoms with Gasteiger partial charge in [0, 0.05) is 12.6 Å². The zero-order chi connectivity index (χ0) is 16.0. The summed E-state index contributed by atoms with van der Waals surface area (Å²) in [6, 6.07) is 5.16. The van der Waals surface area contributed by atoms with E-state index in [-0.39, 0.29) is 0 Å². The first-order chi connectivity index (χ1) is 11.1. The Bertz CT molecular complexity index is 1070. The van der Waals surface area contributed by atoms with E-state index in [1.165, 1.54) is 10.9 Å². The van der Waals surface area contributed by atoms with Crippen LogP contribution in [0.5, 0.6) is 0 Å². The summed E-state index contributed by atoms with van der Waals surface area (Å²) in [5.74, 6) is -0.120. The molecule has 4 aromatic rings. The number of oxazole rings is 1. The van der Waals surface area contributed by atoms with Crippen LogP contribution in [0.4, 0.5) is 0 Å². The SMILES string of the molecule is Cn1c(=O)oc2c(Cl)cc(-c3cc(-c4nn[nH]n4)ncn3)cc21. The van der Waals surface area contributed by atoms with Crippen LogP contribution in [0.1, 0.15) is 0 Å². The number of nitrogens with one attached hydrogen (secondary N) is 1. The third-order valence-electron chi connectivity index (χ3n) is 3.39. The summed E-state index contributed by atoms with van der Waals surface area (Å²) in [4.78, 5) is 20.0. The van der Waals surface area contributed by atoms with Crippen LogP contribution in [0, 0.1) is 0 Å². The maximum atomic E-state index is 11.6. The fraction of sp³-hybridized carbons (Fsp3) is 0.0769. The van der Waals surface area contributed by atoms with Gasteiger partial charge >= 0.3 is 5.76 Å². The number of H-pyrrole nitrogens is 1. The average molecular weight is 330 g/mol. The predicted octanol–water partition coefficient (Wildman–Crippen LogP) is 1.42.